The minimum atomic E-state index is -3.40. The number of benzene rings is 1. The van der Waals surface area contributed by atoms with E-state index in [2.05, 4.69) is 0 Å². The van der Waals surface area contributed by atoms with Crippen molar-refractivity contribution in [2.45, 2.75) is 18.2 Å². The van der Waals surface area contributed by atoms with Crippen molar-refractivity contribution in [2.75, 3.05) is 13.1 Å². The van der Waals surface area contributed by atoms with Gasteiger partial charge in [-0.15, -0.1) is 0 Å². The van der Waals surface area contributed by atoms with E-state index < -0.39 is 15.8 Å². The normalized spacial score (nSPS) is 21.4. The highest BCUT2D eigenvalue weighted by Gasteiger charge is 2.29. The number of nitrogens with two attached hydrogens (primary N) is 1. The number of hydrogen-bond acceptors (Lipinski definition) is 3. The molecule has 100 valence electrons. The molecule has 7 heteroatoms. The topological polar surface area (TPSA) is 63.4 Å². The summed E-state index contributed by atoms with van der Waals surface area (Å²) in [6, 6.07) is 3.83. The first-order valence-electron chi connectivity index (χ1n) is 5.56. The fourth-order valence-electron chi connectivity index (χ4n) is 1.94. The molecule has 0 radical (unpaired) electrons. The van der Waals surface area contributed by atoms with Gasteiger partial charge in [0.15, 0.2) is 0 Å². The zero-order chi connectivity index (χ0) is 13.3. The van der Waals surface area contributed by atoms with Crippen LogP contribution in [0.15, 0.2) is 18.2 Å². The molecule has 1 heterocycles. The predicted octanol–water partition coefficient (Wildman–Crippen LogP) is 1.34. The van der Waals surface area contributed by atoms with Gasteiger partial charge >= 0.3 is 0 Å². The third-order valence-electron chi connectivity index (χ3n) is 2.91. The predicted molar refractivity (Wildman–Crippen MR) is 68.2 cm³/mol. The lowest BCUT2D eigenvalue weighted by Crippen LogP contribution is -2.32. The van der Waals surface area contributed by atoms with Crippen LogP contribution in [0.25, 0.3) is 0 Å². The summed E-state index contributed by atoms with van der Waals surface area (Å²) in [4.78, 5) is 0. The molecule has 2 rings (SSSR count). The van der Waals surface area contributed by atoms with Crippen LogP contribution in [0.1, 0.15) is 12.0 Å². The van der Waals surface area contributed by atoms with Crippen molar-refractivity contribution in [1.29, 1.82) is 0 Å². The molecular formula is C11H14ClFN2O2S. The van der Waals surface area contributed by atoms with Crippen molar-refractivity contribution < 1.29 is 12.8 Å². The third kappa shape index (κ3) is 3.00. The van der Waals surface area contributed by atoms with Crippen LogP contribution in [0.2, 0.25) is 5.02 Å². The molecule has 1 aromatic rings. The molecule has 0 saturated carbocycles. The summed E-state index contributed by atoms with van der Waals surface area (Å²) in [5, 5.41) is -0.0687. The van der Waals surface area contributed by atoms with Crippen molar-refractivity contribution in [3.8, 4) is 0 Å². The molecular weight excluding hydrogens is 279 g/mol. The lowest BCUT2D eigenvalue weighted by molar-refractivity contribution is 0.471. The number of nitrogens with zero attached hydrogens (tertiary/aromatic N) is 1. The zero-order valence-corrected chi connectivity index (χ0v) is 11.2. The summed E-state index contributed by atoms with van der Waals surface area (Å²) in [7, 11) is -3.40. The summed E-state index contributed by atoms with van der Waals surface area (Å²) in [5.41, 5.74) is 6.16. The smallest absolute Gasteiger partial charge is 0.218 e. The van der Waals surface area contributed by atoms with Gasteiger partial charge in [0.1, 0.15) is 5.82 Å². The standard InChI is InChI=1S/C11H14ClFN2O2S/c12-10-5-8(1-2-11(10)13)7-18(16,17)15-4-3-9(14)6-15/h1-2,5,9H,3-4,6-7,14H2/t9-/m0/s1. The van der Waals surface area contributed by atoms with Gasteiger partial charge in [-0.05, 0) is 24.1 Å². The van der Waals surface area contributed by atoms with Gasteiger partial charge in [-0.3, -0.25) is 0 Å². The molecule has 18 heavy (non-hydrogen) atoms. The van der Waals surface area contributed by atoms with Crippen molar-refractivity contribution in [1.82, 2.24) is 4.31 Å². The van der Waals surface area contributed by atoms with Crippen LogP contribution in [0.4, 0.5) is 4.39 Å². The highest BCUT2D eigenvalue weighted by atomic mass is 35.5. The van der Waals surface area contributed by atoms with E-state index in [1.807, 2.05) is 0 Å². The zero-order valence-electron chi connectivity index (χ0n) is 9.64. The Morgan fingerprint density at radius 1 is 1.50 bits per heavy atom. The molecule has 0 aromatic heterocycles. The summed E-state index contributed by atoms with van der Waals surface area (Å²) in [6.07, 6.45) is 0.670. The largest absolute Gasteiger partial charge is 0.326 e. The molecule has 1 fully saturated rings. The Kier molecular flexibility index (Phi) is 3.91. The number of hydrogen-bond donors (Lipinski definition) is 1. The number of rotatable bonds is 3. The highest BCUT2D eigenvalue weighted by molar-refractivity contribution is 7.88. The van der Waals surface area contributed by atoms with Gasteiger partial charge in [0.05, 0.1) is 10.8 Å². The average Bonchev–Trinajstić information content (AvgIpc) is 2.71. The van der Waals surface area contributed by atoms with Crippen LogP contribution in [-0.2, 0) is 15.8 Å². The Labute approximate surface area is 111 Å². The first kappa shape index (κ1) is 13.7. The van der Waals surface area contributed by atoms with Gasteiger partial charge in [-0.25, -0.2) is 17.1 Å². The Balaban J connectivity index is 2.15. The summed E-state index contributed by atoms with van der Waals surface area (Å²) >= 11 is 5.62. The maximum absolute atomic E-state index is 13.0. The first-order valence-corrected chi connectivity index (χ1v) is 7.54. The van der Waals surface area contributed by atoms with Crippen LogP contribution < -0.4 is 5.73 Å². The molecule has 4 nitrogen and oxygen atoms in total. The van der Waals surface area contributed by atoms with Crippen molar-refractivity contribution in [2.24, 2.45) is 5.73 Å². The van der Waals surface area contributed by atoms with Crippen LogP contribution >= 0.6 is 11.6 Å². The molecule has 0 bridgehead atoms. The fraction of sp³-hybridized carbons (Fsp3) is 0.455. The molecule has 1 aliphatic rings. The second-order valence-corrected chi connectivity index (χ2v) is 6.79. The Bertz CT molecular complexity index is 550. The Morgan fingerprint density at radius 3 is 2.78 bits per heavy atom. The molecule has 0 amide bonds. The third-order valence-corrected chi connectivity index (χ3v) is 5.02. The second kappa shape index (κ2) is 5.13. The van der Waals surface area contributed by atoms with E-state index in [0.29, 0.717) is 25.1 Å². The van der Waals surface area contributed by atoms with Crippen LogP contribution in [0, 0.1) is 5.82 Å². The van der Waals surface area contributed by atoms with Crippen molar-refractivity contribution in [3.63, 3.8) is 0 Å². The van der Waals surface area contributed by atoms with Crippen molar-refractivity contribution >= 4 is 21.6 Å². The molecule has 0 unspecified atom stereocenters. The van der Waals surface area contributed by atoms with Gasteiger partial charge in [-0.1, -0.05) is 17.7 Å². The quantitative estimate of drug-likeness (QED) is 0.914. The van der Waals surface area contributed by atoms with E-state index in [0.717, 1.165) is 0 Å². The van der Waals surface area contributed by atoms with E-state index in [1.165, 1.54) is 22.5 Å². The number of halogens is 2. The molecule has 1 atom stereocenters. The Hall–Kier alpha value is -0.690. The van der Waals surface area contributed by atoms with Crippen molar-refractivity contribution in [3.05, 3.63) is 34.6 Å². The van der Waals surface area contributed by atoms with E-state index in [1.54, 1.807) is 0 Å². The van der Waals surface area contributed by atoms with Gasteiger partial charge in [0.2, 0.25) is 10.0 Å². The molecule has 1 saturated heterocycles. The maximum atomic E-state index is 13.0. The summed E-state index contributed by atoms with van der Waals surface area (Å²) in [5.74, 6) is -0.735. The van der Waals surface area contributed by atoms with Crippen LogP contribution in [0.5, 0.6) is 0 Å². The monoisotopic (exact) mass is 292 g/mol. The van der Waals surface area contributed by atoms with E-state index >= 15 is 0 Å². The molecule has 0 aliphatic carbocycles. The second-order valence-electron chi connectivity index (χ2n) is 4.41. The SMILES string of the molecule is N[C@H]1CCN(S(=O)(=O)Cc2ccc(F)c(Cl)c2)C1. The maximum Gasteiger partial charge on any atom is 0.218 e. The first-order chi connectivity index (χ1) is 8.38. The molecule has 1 aliphatic heterocycles. The fourth-order valence-corrected chi connectivity index (χ4v) is 3.73. The lowest BCUT2D eigenvalue weighted by Gasteiger charge is -2.16. The van der Waals surface area contributed by atoms with Gasteiger partial charge < -0.3 is 5.73 Å². The van der Waals surface area contributed by atoms with E-state index in [-0.39, 0.29) is 16.8 Å². The minimum absolute atomic E-state index is 0.0687. The van der Waals surface area contributed by atoms with Crippen LogP contribution in [-0.4, -0.2) is 31.9 Å². The molecule has 1 aromatic carbocycles. The summed E-state index contributed by atoms with van der Waals surface area (Å²) < 4.78 is 38.5. The van der Waals surface area contributed by atoms with Gasteiger partial charge in [0, 0.05) is 19.1 Å². The molecule has 0 spiro atoms. The van der Waals surface area contributed by atoms with Gasteiger partial charge in [0.25, 0.3) is 0 Å². The highest BCUT2D eigenvalue weighted by Crippen LogP contribution is 2.20. The van der Waals surface area contributed by atoms with E-state index in [9.17, 15) is 12.8 Å². The van der Waals surface area contributed by atoms with Crippen LogP contribution in [0.3, 0.4) is 0 Å². The minimum Gasteiger partial charge on any atom is -0.326 e. The van der Waals surface area contributed by atoms with E-state index in [4.69, 9.17) is 17.3 Å². The lowest BCUT2D eigenvalue weighted by atomic mass is 10.2. The Morgan fingerprint density at radius 2 is 2.22 bits per heavy atom. The van der Waals surface area contributed by atoms with Gasteiger partial charge in [-0.2, -0.15) is 0 Å². The molecule has 2 N–H and O–H groups in total. The summed E-state index contributed by atoms with van der Waals surface area (Å²) in [6.45, 7) is 0.787. The average molecular weight is 293 g/mol. The number of sulfonamides is 1.